The smallest absolute Gasteiger partial charge is 0.410 e. The van der Waals surface area contributed by atoms with E-state index in [1.54, 1.807) is 4.90 Å². The van der Waals surface area contributed by atoms with Crippen molar-refractivity contribution in [2.75, 3.05) is 26.2 Å². The highest BCUT2D eigenvalue weighted by Crippen LogP contribution is 2.12. The molecule has 3 heterocycles. The molecule has 2 N–H and O–H groups in total. The third-order valence-electron chi connectivity index (χ3n) is 4.02. The van der Waals surface area contributed by atoms with Gasteiger partial charge in [0.25, 0.3) is 0 Å². The maximum Gasteiger partial charge on any atom is 0.410 e. The van der Waals surface area contributed by atoms with Crippen LogP contribution < -0.4 is 5.73 Å². The van der Waals surface area contributed by atoms with Gasteiger partial charge in [-0.15, -0.1) is 34.2 Å². The van der Waals surface area contributed by atoms with E-state index >= 15 is 0 Å². The maximum absolute atomic E-state index is 12.1. The number of nitrogens with zero attached hydrogens (tertiary/aromatic N) is 6. The topological polar surface area (TPSA) is 101 Å². The van der Waals surface area contributed by atoms with Gasteiger partial charge in [0.2, 0.25) is 0 Å². The van der Waals surface area contributed by atoms with Gasteiger partial charge in [-0.1, -0.05) is 6.07 Å². The van der Waals surface area contributed by atoms with Gasteiger partial charge in [0.1, 0.15) is 12.1 Å². The molecular weight excluding hydrogens is 461 g/mol. The highest BCUT2D eigenvalue weighted by Gasteiger charge is 2.26. The molecule has 1 fully saturated rings. The summed E-state index contributed by atoms with van der Waals surface area (Å²) >= 11 is 0. The number of rotatable bonds is 2. The molecule has 0 unspecified atom stereocenters. The second-order valence-electron chi connectivity index (χ2n) is 7.17. The highest BCUT2D eigenvalue weighted by molar-refractivity contribution is 14.0. The number of nitrogens with two attached hydrogens (primary N) is 1. The summed E-state index contributed by atoms with van der Waals surface area (Å²) in [5.41, 5.74) is 6.41. The molecule has 0 bridgehead atoms. The molecule has 1 aliphatic rings. The standard InChI is InChI=1S/C17H25N7O2.HI/c1-17(2,3)26-16(25)23-10-8-22(9-11-23)15(18)19-12-14-21-20-13-6-4-5-7-24(13)14;/h4-7H,8-12H2,1-3H3,(H2,18,19);1H. The number of aliphatic imine (C=N–C) groups is 1. The zero-order valence-electron chi connectivity index (χ0n) is 15.8. The van der Waals surface area contributed by atoms with Crippen molar-refractivity contribution in [1.29, 1.82) is 0 Å². The second kappa shape index (κ2) is 8.72. The molecule has 10 heteroatoms. The number of pyridine rings is 1. The van der Waals surface area contributed by atoms with Gasteiger partial charge in [-0.3, -0.25) is 4.40 Å². The van der Waals surface area contributed by atoms with Crippen LogP contribution >= 0.6 is 24.0 Å². The van der Waals surface area contributed by atoms with Crippen molar-refractivity contribution in [2.45, 2.75) is 32.9 Å². The number of ether oxygens (including phenoxy) is 1. The molecule has 0 radical (unpaired) electrons. The van der Waals surface area contributed by atoms with Crippen molar-refractivity contribution in [1.82, 2.24) is 24.4 Å². The zero-order chi connectivity index (χ0) is 18.7. The minimum atomic E-state index is -0.490. The van der Waals surface area contributed by atoms with Crippen molar-refractivity contribution in [3.8, 4) is 0 Å². The molecule has 0 aromatic carbocycles. The fraction of sp³-hybridized carbons (Fsp3) is 0.529. The van der Waals surface area contributed by atoms with Gasteiger partial charge < -0.3 is 20.3 Å². The van der Waals surface area contributed by atoms with Crippen LogP contribution in [0.5, 0.6) is 0 Å². The Morgan fingerprint density at radius 3 is 2.52 bits per heavy atom. The SMILES string of the molecule is CC(C)(C)OC(=O)N1CCN(C(N)=NCc2nnc3ccccn23)CC1.I. The van der Waals surface area contributed by atoms with E-state index in [0.717, 1.165) is 11.5 Å². The summed E-state index contributed by atoms with van der Waals surface area (Å²) in [4.78, 5) is 20.2. The number of amides is 1. The van der Waals surface area contributed by atoms with Gasteiger partial charge in [-0.25, -0.2) is 9.79 Å². The monoisotopic (exact) mass is 487 g/mol. The number of piperazine rings is 1. The number of guanidine groups is 1. The number of aromatic nitrogens is 3. The van der Waals surface area contributed by atoms with Gasteiger partial charge in [0, 0.05) is 32.4 Å². The van der Waals surface area contributed by atoms with Crippen molar-refractivity contribution < 1.29 is 9.53 Å². The Labute approximate surface area is 175 Å². The molecule has 1 saturated heterocycles. The van der Waals surface area contributed by atoms with E-state index in [-0.39, 0.29) is 30.1 Å². The highest BCUT2D eigenvalue weighted by atomic mass is 127. The van der Waals surface area contributed by atoms with Crippen LogP contribution in [-0.4, -0.2) is 68.2 Å². The summed E-state index contributed by atoms with van der Waals surface area (Å²) < 4.78 is 7.29. The van der Waals surface area contributed by atoms with E-state index in [4.69, 9.17) is 10.5 Å². The van der Waals surface area contributed by atoms with E-state index in [2.05, 4.69) is 15.2 Å². The average Bonchev–Trinajstić information content (AvgIpc) is 3.01. The first-order valence-corrected chi connectivity index (χ1v) is 8.65. The van der Waals surface area contributed by atoms with E-state index in [1.807, 2.05) is 54.5 Å². The van der Waals surface area contributed by atoms with Crippen LogP contribution in [0.2, 0.25) is 0 Å². The molecule has 9 nitrogen and oxygen atoms in total. The van der Waals surface area contributed by atoms with Crippen molar-refractivity contribution in [3.63, 3.8) is 0 Å². The molecule has 1 aliphatic heterocycles. The molecule has 0 spiro atoms. The summed E-state index contributed by atoms with van der Waals surface area (Å²) in [7, 11) is 0. The Morgan fingerprint density at radius 1 is 1.19 bits per heavy atom. The van der Waals surface area contributed by atoms with Crippen molar-refractivity contribution >= 4 is 41.7 Å². The lowest BCUT2D eigenvalue weighted by Gasteiger charge is -2.36. The molecule has 27 heavy (non-hydrogen) atoms. The first-order valence-electron chi connectivity index (χ1n) is 8.65. The average molecular weight is 487 g/mol. The predicted molar refractivity (Wildman–Crippen MR) is 113 cm³/mol. The molecule has 0 atom stereocenters. The molecular formula is C17H26IN7O2. The van der Waals surface area contributed by atoms with Gasteiger partial charge in [-0.05, 0) is 32.9 Å². The van der Waals surface area contributed by atoms with Crippen LogP contribution in [0.25, 0.3) is 5.65 Å². The van der Waals surface area contributed by atoms with Gasteiger partial charge in [-0.2, -0.15) is 0 Å². The molecule has 2 aromatic rings. The van der Waals surface area contributed by atoms with Crippen LogP contribution in [0.3, 0.4) is 0 Å². The Bertz CT molecular complexity index is 807. The number of carbonyl (C=O) groups excluding carboxylic acids is 1. The summed E-state index contributed by atoms with van der Waals surface area (Å²) in [6.45, 7) is 8.28. The summed E-state index contributed by atoms with van der Waals surface area (Å²) in [6.07, 6.45) is 1.61. The molecule has 3 rings (SSSR count). The van der Waals surface area contributed by atoms with E-state index < -0.39 is 5.60 Å². The normalized spacial score (nSPS) is 15.6. The summed E-state index contributed by atoms with van der Waals surface area (Å²) in [5.74, 6) is 1.18. The van der Waals surface area contributed by atoms with Crippen molar-refractivity contribution in [3.05, 3.63) is 30.2 Å². The first-order chi connectivity index (χ1) is 12.3. The molecule has 0 saturated carbocycles. The largest absolute Gasteiger partial charge is 0.444 e. The summed E-state index contributed by atoms with van der Waals surface area (Å²) in [5, 5.41) is 8.24. The lowest BCUT2D eigenvalue weighted by atomic mass is 10.2. The Hall–Kier alpha value is -2.11. The number of carbonyl (C=O) groups is 1. The Morgan fingerprint density at radius 2 is 1.85 bits per heavy atom. The fourth-order valence-electron chi connectivity index (χ4n) is 2.70. The third kappa shape index (κ3) is 5.44. The van der Waals surface area contributed by atoms with E-state index in [9.17, 15) is 4.79 Å². The molecule has 2 aromatic heterocycles. The summed E-state index contributed by atoms with van der Waals surface area (Å²) in [6, 6.07) is 5.72. The van der Waals surface area contributed by atoms with Gasteiger partial charge >= 0.3 is 6.09 Å². The fourth-order valence-corrected chi connectivity index (χ4v) is 2.70. The number of hydrogen-bond donors (Lipinski definition) is 1. The Balaban J connectivity index is 0.00000261. The van der Waals surface area contributed by atoms with Gasteiger partial charge in [0.15, 0.2) is 17.4 Å². The molecule has 0 aliphatic carbocycles. The minimum Gasteiger partial charge on any atom is -0.444 e. The lowest BCUT2D eigenvalue weighted by molar-refractivity contribution is 0.0186. The minimum absolute atomic E-state index is 0. The predicted octanol–water partition coefficient (Wildman–Crippen LogP) is 1.71. The number of fused-ring (bicyclic) bond motifs is 1. The second-order valence-corrected chi connectivity index (χ2v) is 7.17. The first kappa shape index (κ1) is 21.2. The van der Waals surface area contributed by atoms with Crippen LogP contribution in [-0.2, 0) is 11.3 Å². The van der Waals surface area contributed by atoms with E-state index in [0.29, 0.717) is 38.7 Å². The van der Waals surface area contributed by atoms with Crippen molar-refractivity contribution in [2.24, 2.45) is 10.7 Å². The van der Waals surface area contributed by atoms with Crippen LogP contribution in [0.15, 0.2) is 29.4 Å². The molecule has 148 valence electrons. The number of halogens is 1. The number of hydrogen-bond acceptors (Lipinski definition) is 5. The third-order valence-corrected chi connectivity index (χ3v) is 4.02. The zero-order valence-corrected chi connectivity index (χ0v) is 18.2. The quantitative estimate of drug-likeness (QED) is 0.393. The lowest BCUT2D eigenvalue weighted by Crippen LogP contribution is -2.53. The van der Waals surface area contributed by atoms with Crippen LogP contribution in [0.4, 0.5) is 4.79 Å². The molecule has 1 amide bonds. The maximum atomic E-state index is 12.1. The van der Waals surface area contributed by atoms with E-state index in [1.165, 1.54) is 0 Å². The Kier molecular flexibility index (Phi) is 6.84. The van der Waals surface area contributed by atoms with Gasteiger partial charge in [0.05, 0.1) is 0 Å². The van der Waals surface area contributed by atoms with Crippen LogP contribution in [0.1, 0.15) is 26.6 Å². The van der Waals surface area contributed by atoms with Crippen LogP contribution in [0, 0.1) is 0 Å².